The fraction of sp³-hybridized carbons (Fsp3) is 0.143. The van der Waals surface area contributed by atoms with Crippen molar-refractivity contribution < 1.29 is 26.4 Å². The number of amides is 1. The summed E-state index contributed by atoms with van der Waals surface area (Å²) in [5.74, 6) is -0.862. The van der Waals surface area contributed by atoms with Gasteiger partial charge in [0.25, 0.3) is 15.9 Å². The third kappa shape index (κ3) is 5.92. The number of alkyl halides is 3. The highest BCUT2D eigenvalue weighted by Crippen LogP contribution is 2.37. The van der Waals surface area contributed by atoms with E-state index < -0.39 is 39.9 Å². The first kappa shape index (κ1) is 24.7. The molecule has 0 saturated carbocycles. The van der Waals surface area contributed by atoms with Gasteiger partial charge in [0.1, 0.15) is 6.54 Å². The average Bonchev–Trinajstić information content (AvgIpc) is 3.31. The number of anilines is 1. The lowest BCUT2D eigenvalue weighted by Crippen LogP contribution is -2.40. The number of hydrogen-bond acceptors (Lipinski definition) is 5. The second kappa shape index (κ2) is 9.94. The van der Waals surface area contributed by atoms with Gasteiger partial charge < -0.3 is 0 Å². The molecule has 0 unspecified atom stereocenters. The third-order valence-electron chi connectivity index (χ3n) is 4.39. The van der Waals surface area contributed by atoms with Crippen molar-refractivity contribution in [2.24, 2.45) is 5.10 Å². The largest absolute Gasteiger partial charge is 0.416 e. The predicted molar refractivity (Wildman–Crippen MR) is 122 cm³/mol. The molecule has 2 aromatic carbocycles. The van der Waals surface area contributed by atoms with Crippen molar-refractivity contribution in [3.63, 3.8) is 0 Å². The zero-order chi connectivity index (χ0) is 24.2. The van der Waals surface area contributed by atoms with Gasteiger partial charge >= 0.3 is 6.18 Å². The standard InChI is InChI=1S/C21H17ClF3N3O3S2/c1-14(19-8-5-11-32-19)26-27-20(29)13-28(33(30,31)16-6-3-2-4-7-16)18-12-15(21(23,24)25)9-10-17(18)22/h2-12H,13H2,1H3,(H,27,29)/b26-14+. The maximum absolute atomic E-state index is 13.3. The third-order valence-corrected chi connectivity index (χ3v) is 7.46. The summed E-state index contributed by atoms with van der Waals surface area (Å²) in [4.78, 5) is 13.2. The van der Waals surface area contributed by atoms with Gasteiger partial charge in [-0.2, -0.15) is 18.3 Å². The molecule has 6 nitrogen and oxygen atoms in total. The van der Waals surface area contributed by atoms with Gasteiger partial charge in [0.15, 0.2) is 0 Å². The minimum absolute atomic E-state index is 0.218. The molecule has 0 fully saturated rings. The number of hydrazone groups is 1. The molecule has 0 aliphatic heterocycles. The molecule has 1 N–H and O–H groups in total. The van der Waals surface area contributed by atoms with Gasteiger partial charge in [0, 0.05) is 4.88 Å². The van der Waals surface area contributed by atoms with E-state index in [1.807, 2.05) is 5.38 Å². The molecule has 1 amide bonds. The van der Waals surface area contributed by atoms with Crippen molar-refractivity contribution in [2.45, 2.75) is 18.0 Å². The Labute approximate surface area is 197 Å². The average molecular weight is 516 g/mol. The Morgan fingerprint density at radius 3 is 2.42 bits per heavy atom. The van der Waals surface area contributed by atoms with Crippen molar-refractivity contribution in [2.75, 3.05) is 10.8 Å². The van der Waals surface area contributed by atoms with Crippen LogP contribution in [0.25, 0.3) is 0 Å². The van der Waals surface area contributed by atoms with Crippen molar-refractivity contribution in [3.05, 3.63) is 81.5 Å². The number of nitrogens with one attached hydrogen (secondary N) is 1. The molecule has 1 heterocycles. The summed E-state index contributed by atoms with van der Waals surface area (Å²) in [7, 11) is -4.44. The summed E-state index contributed by atoms with van der Waals surface area (Å²) in [5.41, 5.74) is 1.13. The highest BCUT2D eigenvalue weighted by Gasteiger charge is 2.34. The van der Waals surface area contributed by atoms with E-state index in [-0.39, 0.29) is 9.92 Å². The molecule has 1 aromatic heterocycles. The van der Waals surface area contributed by atoms with E-state index in [1.54, 1.807) is 25.1 Å². The number of sulfonamides is 1. The smallest absolute Gasteiger partial charge is 0.271 e. The lowest BCUT2D eigenvalue weighted by Gasteiger charge is -2.25. The van der Waals surface area contributed by atoms with Crippen LogP contribution in [0.3, 0.4) is 0 Å². The van der Waals surface area contributed by atoms with Gasteiger partial charge in [0.05, 0.1) is 26.9 Å². The number of hydrogen-bond donors (Lipinski definition) is 1. The quantitative estimate of drug-likeness (QED) is 0.349. The summed E-state index contributed by atoms with van der Waals surface area (Å²) in [6, 6.07) is 12.8. The molecule has 174 valence electrons. The van der Waals surface area contributed by atoms with E-state index in [9.17, 15) is 26.4 Å². The summed E-state index contributed by atoms with van der Waals surface area (Å²) < 4.78 is 66.9. The summed E-state index contributed by atoms with van der Waals surface area (Å²) in [6.07, 6.45) is -4.74. The van der Waals surface area contributed by atoms with Crippen LogP contribution in [0.2, 0.25) is 5.02 Å². The van der Waals surface area contributed by atoms with Gasteiger partial charge in [-0.05, 0) is 48.7 Å². The minimum atomic E-state index is -4.74. The Bertz CT molecular complexity index is 1260. The molecule has 0 aliphatic rings. The van der Waals surface area contributed by atoms with Crippen LogP contribution in [-0.2, 0) is 21.0 Å². The maximum atomic E-state index is 13.3. The van der Waals surface area contributed by atoms with E-state index in [4.69, 9.17) is 11.6 Å². The number of benzene rings is 2. The van der Waals surface area contributed by atoms with Crippen LogP contribution < -0.4 is 9.73 Å². The topological polar surface area (TPSA) is 78.8 Å². The Kier molecular flexibility index (Phi) is 7.45. The first-order valence-electron chi connectivity index (χ1n) is 9.31. The lowest BCUT2D eigenvalue weighted by molar-refractivity contribution is -0.137. The van der Waals surface area contributed by atoms with Crippen molar-refractivity contribution in [1.82, 2.24) is 5.43 Å². The first-order valence-corrected chi connectivity index (χ1v) is 12.0. The lowest BCUT2D eigenvalue weighted by atomic mass is 10.2. The van der Waals surface area contributed by atoms with Crippen molar-refractivity contribution in [1.29, 1.82) is 0 Å². The number of carbonyl (C=O) groups is 1. The maximum Gasteiger partial charge on any atom is 0.416 e. The van der Waals surface area contributed by atoms with Crippen molar-refractivity contribution >= 4 is 50.3 Å². The molecule has 0 aliphatic carbocycles. The Morgan fingerprint density at radius 1 is 1.12 bits per heavy atom. The summed E-state index contributed by atoms with van der Waals surface area (Å²) >= 11 is 7.47. The van der Waals surface area contributed by atoms with Gasteiger partial charge in [-0.1, -0.05) is 35.9 Å². The highest BCUT2D eigenvalue weighted by atomic mass is 35.5. The SMILES string of the molecule is C/C(=N\NC(=O)CN(c1cc(C(F)(F)F)ccc1Cl)S(=O)(=O)c1ccccc1)c1cccs1. The molecular weight excluding hydrogens is 499 g/mol. The van der Waals surface area contributed by atoms with Crippen LogP contribution in [0.15, 0.2) is 76.0 Å². The molecule has 0 radical (unpaired) electrons. The van der Waals surface area contributed by atoms with Gasteiger partial charge in [-0.3, -0.25) is 9.10 Å². The van der Waals surface area contributed by atoms with E-state index in [2.05, 4.69) is 10.5 Å². The van der Waals surface area contributed by atoms with E-state index in [0.717, 1.165) is 17.0 Å². The Morgan fingerprint density at radius 2 is 1.82 bits per heavy atom. The fourth-order valence-electron chi connectivity index (χ4n) is 2.75. The predicted octanol–water partition coefficient (Wildman–Crippen LogP) is 5.16. The molecular formula is C21H17ClF3N3O3S2. The highest BCUT2D eigenvalue weighted by molar-refractivity contribution is 7.92. The second-order valence-electron chi connectivity index (χ2n) is 6.70. The van der Waals surface area contributed by atoms with Crippen LogP contribution in [0.4, 0.5) is 18.9 Å². The molecule has 12 heteroatoms. The molecule has 0 spiro atoms. The van der Waals surface area contributed by atoms with Crippen LogP contribution in [0.1, 0.15) is 17.4 Å². The first-order chi connectivity index (χ1) is 15.5. The zero-order valence-electron chi connectivity index (χ0n) is 17.0. The Balaban J connectivity index is 2.00. The number of nitrogens with zero attached hydrogens (tertiary/aromatic N) is 2. The number of halogens is 4. The van der Waals surface area contributed by atoms with Gasteiger partial charge in [-0.15, -0.1) is 11.3 Å². The van der Waals surface area contributed by atoms with Gasteiger partial charge in [-0.25, -0.2) is 13.8 Å². The van der Waals surface area contributed by atoms with E-state index >= 15 is 0 Å². The van der Waals surface area contributed by atoms with Crippen LogP contribution >= 0.6 is 22.9 Å². The molecule has 33 heavy (non-hydrogen) atoms. The number of thiophene rings is 1. The van der Waals surface area contributed by atoms with E-state index in [1.165, 1.54) is 35.6 Å². The molecule has 3 rings (SSSR count). The summed E-state index contributed by atoms with van der Waals surface area (Å²) in [5, 5.41) is 5.49. The summed E-state index contributed by atoms with van der Waals surface area (Å²) in [6.45, 7) is 0.799. The molecule has 0 atom stereocenters. The van der Waals surface area contributed by atoms with Crippen LogP contribution in [0, 0.1) is 0 Å². The normalized spacial score (nSPS) is 12.5. The zero-order valence-corrected chi connectivity index (χ0v) is 19.4. The molecule has 3 aromatic rings. The van der Waals surface area contributed by atoms with Crippen LogP contribution in [0.5, 0.6) is 0 Å². The van der Waals surface area contributed by atoms with Crippen molar-refractivity contribution in [3.8, 4) is 0 Å². The second-order valence-corrected chi connectivity index (χ2v) is 9.92. The minimum Gasteiger partial charge on any atom is -0.271 e. The monoisotopic (exact) mass is 515 g/mol. The van der Waals surface area contributed by atoms with E-state index in [0.29, 0.717) is 16.1 Å². The van der Waals surface area contributed by atoms with Gasteiger partial charge in [0.2, 0.25) is 0 Å². The van der Waals surface area contributed by atoms with Crippen LogP contribution in [-0.4, -0.2) is 26.6 Å². The fourth-order valence-corrected chi connectivity index (χ4v) is 5.15. The number of carbonyl (C=O) groups excluding carboxylic acids is 1. The number of rotatable bonds is 7. The Hall–Kier alpha value is -2.89. The molecule has 0 bridgehead atoms. The molecule has 0 saturated heterocycles.